The van der Waals surface area contributed by atoms with E-state index < -0.39 is 36.1 Å². The Morgan fingerprint density at radius 2 is 1.43 bits per heavy atom. The molecule has 0 spiro atoms. The van der Waals surface area contributed by atoms with Gasteiger partial charge in [-0.15, -0.1) is 0 Å². The molecule has 2 unspecified atom stereocenters. The van der Waals surface area contributed by atoms with Crippen molar-refractivity contribution in [1.82, 2.24) is 10.2 Å². The molecule has 3 rings (SSSR count). The first-order valence-corrected chi connectivity index (χ1v) is 13.4. The van der Waals surface area contributed by atoms with E-state index in [1.54, 1.807) is 24.3 Å². The lowest BCUT2D eigenvalue weighted by molar-refractivity contribution is -0.178. The Bertz CT molecular complexity index is 1310. The number of hydrogen-bond acceptors (Lipinski definition) is 10. The Morgan fingerprint density at radius 3 is 2.00 bits per heavy atom. The summed E-state index contributed by atoms with van der Waals surface area (Å²) in [5.41, 5.74) is 2.25. The average molecular weight is 587 g/mol. The van der Waals surface area contributed by atoms with Crippen LogP contribution in [0.4, 0.5) is 0 Å². The molecule has 1 N–H and O–H groups in total. The second-order valence-electron chi connectivity index (χ2n) is 9.65. The number of fused-ring (bicyclic) bond motifs is 1. The molecular formula is C30H38N2O10. The summed E-state index contributed by atoms with van der Waals surface area (Å²) in [5.74, 6) is -0.489. The van der Waals surface area contributed by atoms with Crippen molar-refractivity contribution in [1.29, 1.82) is 0 Å². The van der Waals surface area contributed by atoms with Crippen LogP contribution >= 0.6 is 0 Å². The van der Waals surface area contributed by atoms with Gasteiger partial charge in [-0.3, -0.25) is 19.2 Å². The molecule has 1 heterocycles. The lowest BCUT2D eigenvalue weighted by Gasteiger charge is -2.42. The first-order valence-electron chi connectivity index (χ1n) is 13.4. The summed E-state index contributed by atoms with van der Waals surface area (Å²) < 4.78 is 32.7. The quantitative estimate of drug-likeness (QED) is 0.369. The van der Waals surface area contributed by atoms with Gasteiger partial charge in [0, 0.05) is 33.9 Å². The maximum absolute atomic E-state index is 13.6. The first kappa shape index (κ1) is 32.0. The highest BCUT2D eigenvalue weighted by Crippen LogP contribution is 2.41. The Balaban J connectivity index is 1.99. The van der Waals surface area contributed by atoms with E-state index in [9.17, 15) is 19.2 Å². The van der Waals surface area contributed by atoms with Gasteiger partial charge >= 0.3 is 11.9 Å². The number of rotatable bonds is 12. The zero-order valence-corrected chi connectivity index (χ0v) is 25.0. The molecule has 0 radical (unpaired) electrons. The number of ether oxygens (including phenoxy) is 6. The molecule has 1 aliphatic rings. The maximum Gasteiger partial charge on any atom is 0.303 e. The highest BCUT2D eigenvalue weighted by molar-refractivity contribution is 5.85. The van der Waals surface area contributed by atoms with Crippen LogP contribution in [0, 0.1) is 0 Å². The molecule has 2 aromatic carbocycles. The van der Waals surface area contributed by atoms with Crippen molar-refractivity contribution in [3.63, 3.8) is 0 Å². The van der Waals surface area contributed by atoms with Crippen LogP contribution in [0.1, 0.15) is 43.5 Å². The van der Waals surface area contributed by atoms with Gasteiger partial charge in [-0.1, -0.05) is 6.07 Å². The lowest BCUT2D eigenvalue weighted by atomic mass is 9.86. The van der Waals surface area contributed by atoms with Crippen molar-refractivity contribution in [3.05, 3.63) is 47.0 Å². The minimum Gasteiger partial charge on any atom is -0.493 e. The number of benzene rings is 2. The molecule has 12 heteroatoms. The van der Waals surface area contributed by atoms with Gasteiger partial charge in [0.15, 0.2) is 29.1 Å². The molecule has 0 saturated carbocycles. The topological polar surface area (TPSA) is 139 Å². The number of hydrogen-bond donors (Lipinski definition) is 1. The smallest absolute Gasteiger partial charge is 0.303 e. The highest BCUT2D eigenvalue weighted by Gasteiger charge is 2.46. The molecular weight excluding hydrogens is 548 g/mol. The van der Waals surface area contributed by atoms with E-state index in [4.69, 9.17) is 28.4 Å². The van der Waals surface area contributed by atoms with E-state index >= 15 is 0 Å². The van der Waals surface area contributed by atoms with Crippen molar-refractivity contribution in [3.8, 4) is 23.0 Å². The van der Waals surface area contributed by atoms with E-state index in [1.807, 2.05) is 6.07 Å². The standard InChI is InChI=1S/C30H38N2O10/c1-17(33)32-13-11-21-15-25(39-6)26(40-7)16-22(21)27(32)28(41-18(2)34)29(42-19(3)35)30(36)31-12-10-20-8-9-23(37-4)24(14-20)38-5/h8-9,14-16,27-29H,10-13H2,1-7H3,(H,31,36)/t27-,28?,29?/m0/s1. The van der Waals surface area contributed by atoms with Crippen molar-refractivity contribution < 1.29 is 47.6 Å². The summed E-state index contributed by atoms with van der Waals surface area (Å²) in [6.07, 6.45) is -2.04. The summed E-state index contributed by atoms with van der Waals surface area (Å²) in [6.45, 7) is 4.16. The van der Waals surface area contributed by atoms with E-state index in [0.29, 0.717) is 41.4 Å². The summed E-state index contributed by atoms with van der Waals surface area (Å²) in [6, 6.07) is 7.90. The molecule has 2 aromatic rings. The number of carbonyl (C=O) groups is 4. The van der Waals surface area contributed by atoms with Gasteiger partial charge in [-0.05, 0) is 53.8 Å². The van der Waals surface area contributed by atoms with Crippen LogP contribution in [0.2, 0.25) is 0 Å². The normalized spacial score (nSPS) is 15.4. The van der Waals surface area contributed by atoms with Crippen molar-refractivity contribution in [2.24, 2.45) is 0 Å². The first-order chi connectivity index (χ1) is 20.0. The Kier molecular flexibility index (Phi) is 11.0. The fraction of sp³-hybridized carbons (Fsp3) is 0.467. The van der Waals surface area contributed by atoms with Crippen LogP contribution in [-0.4, -0.2) is 82.4 Å². The number of esters is 2. The maximum atomic E-state index is 13.6. The highest BCUT2D eigenvalue weighted by atomic mass is 16.6. The zero-order valence-electron chi connectivity index (χ0n) is 25.0. The third-order valence-corrected chi connectivity index (χ3v) is 6.95. The minimum absolute atomic E-state index is 0.168. The predicted octanol–water partition coefficient (Wildman–Crippen LogP) is 2.39. The molecule has 0 saturated heterocycles. The van der Waals surface area contributed by atoms with Crippen molar-refractivity contribution in [2.45, 2.75) is 51.9 Å². The molecule has 1 aliphatic heterocycles. The van der Waals surface area contributed by atoms with E-state index in [-0.39, 0.29) is 19.0 Å². The van der Waals surface area contributed by atoms with Crippen LogP contribution in [0.3, 0.4) is 0 Å². The van der Waals surface area contributed by atoms with E-state index in [0.717, 1.165) is 18.1 Å². The van der Waals surface area contributed by atoms with Gasteiger partial charge in [0.05, 0.1) is 34.5 Å². The fourth-order valence-electron chi connectivity index (χ4n) is 5.08. The molecule has 3 atom stereocenters. The Hall–Kier alpha value is -4.48. The third-order valence-electron chi connectivity index (χ3n) is 6.95. The second kappa shape index (κ2) is 14.4. The van der Waals surface area contributed by atoms with E-state index in [1.165, 1.54) is 47.2 Å². The minimum atomic E-state index is -1.57. The van der Waals surface area contributed by atoms with Gasteiger partial charge < -0.3 is 38.6 Å². The van der Waals surface area contributed by atoms with Crippen molar-refractivity contribution in [2.75, 3.05) is 41.5 Å². The predicted molar refractivity (Wildman–Crippen MR) is 151 cm³/mol. The van der Waals surface area contributed by atoms with Gasteiger partial charge in [0.1, 0.15) is 0 Å². The number of nitrogens with one attached hydrogen (secondary N) is 1. The Labute approximate surface area is 245 Å². The van der Waals surface area contributed by atoms with Gasteiger partial charge in [-0.25, -0.2) is 0 Å². The largest absolute Gasteiger partial charge is 0.493 e. The zero-order chi connectivity index (χ0) is 31.0. The van der Waals surface area contributed by atoms with Gasteiger partial charge in [0.2, 0.25) is 12.0 Å². The number of nitrogens with zero attached hydrogens (tertiary/aromatic N) is 1. The number of methoxy groups -OCH3 is 4. The van der Waals surface area contributed by atoms with Gasteiger partial charge in [0.25, 0.3) is 5.91 Å². The molecule has 0 bridgehead atoms. The summed E-state index contributed by atoms with van der Waals surface area (Å²) >= 11 is 0. The molecule has 12 nitrogen and oxygen atoms in total. The molecule has 42 heavy (non-hydrogen) atoms. The Morgan fingerprint density at radius 1 is 0.833 bits per heavy atom. The molecule has 0 fully saturated rings. The monoisotopic (exact) mass is 586 g/mol. The number of carbonyl (C=O) groups excluding carboxylic acids is 4. The van der Waals surface area contributed by atoms with Crippen molar-refractivity contribution >= 4 is 23.8 Å². The van der Waals surface area contributed by atoms with Crippen LogP contribution in [0.15, 0.2) is 30.3 Å². The molecule has 228 valence electrons. The fourth-order valence-corrected chi connectivity index (χ4v) is 5.08. The third kappa shape index (κ3) is 7.42. The summed E-state index contributed by atoms with van der Waals surface area (Å²) in [7, 11) is 6.05. The van der Waals surface area contributed by atoms with Crippen LogP contribution in [-0.2, 0) is 41.5 Å². The SMILES string of the molecule is COc1ccc(CCNC(=O)C(OC(C)=O)C(OC(C)=O)[C@@H]2c3cc(OC)c(OC)cc3CCN2C(C)=O)cc1OC. The average Bonchev–Trinajstić information content (AvgIpc) is 2.96. The summed E-state index contributed by atoms with van der Waals surface area (Å²) in [4.78, 5) is 52.5. The van der Waals surface area contributed by atoms with Crippen LogP contribution in [0.5, 0.6) is 23.0 Å². The molecule has 0 aliphatic carbocycles. The van der Waals surface area contributed by atoms with E-state index in [2.05, 4.69) is 5.32 Å². The van der Waals surface area contributed by atoms with Crippen LogP contribution < -0.4 is 24.3 Å². The van der Waals surface area contributed by atoms with Gasteiger partial charge in [-0.2, -0.15) is 0 Å². The second-order valence-corrected chi connectivity index (χ2v) is 9.65. The van der Waals surface area contributed by atoms with Crippen LogP contribution in [0.25, 0.3) is 0 Å². The summed E-state index contributed by atoms with van der Waals surface area (Å²) in [5, 5.41) is 2.78. The number of amides is 2. The lowest BCUT2D eigenvalue weighted by Crippen LogP contribution is -2.55. The molecule has 0 aromatic heterocycles. The molecule has 2 amide bonds.